The van der Waals surface area contributed by atoms with E-state index in [1.54, 1.807) is 0 Å². The fourth-order valence-electron chi connectivity index (χ4n) is 2.67. The van der Waals surface area contributed by atoms with Gasteiger partial charge < -0.3 is 11.1 Å². The Labute approximate surface area is 182 Å². The molecule has 3 N–H and O–H groups in total. The molecule has 3 aromatic rings. The van der Waals surface area contributed by atoms with Crippen LogP contribution in [0.1, 0.15) is 42.6 Å². The van der Waals surface area contributed by atoms with E-state index >= 15 is 0 Å². The SMILES string of the molecule is CC(N)c1ccc(Cl)cc1.CC(NC(=O)Cc1ccccc1)c1ccc(Cl)cc1. The van der Waals surface area contributed by atoms with Crippen molar-refractivity contribution >= 4 is 29.1 Å². The zero-order valence-electron chi connectivity index (χ0n) is 16.6. The minimum Gasteiger partial charge on any atom is -0.349 e. The Morgan fingerprint density at radius 3 is 1.79 bits per heavy atom. The number of nitrogens with one attached hydrogen (secondary N) is 1. The van der Waals surface area contributed by atoms with Crippen LogP contribution in [0.15, 0.2) is 78.9 Å². The highest BCUT2D eigenvalue weighted by atomic mass is 35.5. The molecule has 0 aliphatic carbocycles. The van der Waals surface area contributed by atoms with Gasteiger partial charge in [0.1, 0.15) is 0 Å². The molecule has 2 atom stereocenters. The molecule has 3 rings (SSSR count). The second kappa shape index (κ2) is 11.6. The van der Waals surface area contributed by atoms with E-state index < -0.39 is 0 Å². The van der Waals surface area contributed by atoms with Crippen molar-refractivity contribution in [3.05, 3.63) is 106 Å². The van der Waals surface area contributed by atoms with Crippen LogP contribution in [0.4, 0.5) is 0 Å². The van der Waals surface area contributed by atoms with E-state index in [-0.39, 0.29) is 18.0 Å². The predicted molar refractivity (Wildman–Crippen MR) is 122 cm³/mol. The van der Waals surface area contributed by atoms with Crippen LogP contribution in [-0.2, 0) is 11.2 Å². The highest BCUT2D eigenvalue weighted by Crippen LogP contribution is 2.16. The maximum atomic E-state index is 11.9. The third-order valence-electron chi connectivity index (χ3n) is 4.35. The number of carbonyl (C=O) groups excluding carboxylic acids is 1. The summed E-state index contributed by atoms with van der Waals surface area (Å²) in [7, 11) is 0. The lowest BCUT2D eigenvalue weighted by atomic mass is 10.1. The summed E-state index contributed by atoms with van der Waals surface area (Å²) in [5, 5.41) is 4.44. The maximum Gasteiger partial charge on any atom is 0.224 e. The first-order chi connectivity index (χ1) is 13.8. The van der Waals surface area contributed by atoms with Crippen LogP contribution in [0.5, 0.6) is 0 Å². The van der Waals surface area contributed by atoms with Crippen LogP contribution in [0, 0.1) is 0 Å². The Bertz CT molecular complexity index is 879. The van der Waals surface area contributed by atoms with Crippen LogP contribution in [-0.4, -0.2) is 5.91 Å². The van der Waals surface area contributed by atoms with Gasteiger partial charge in [0.05, 0.1) is 12.5 Å². The monoisotopic (exact) mass is 428 g/mol. The van der Waals surface area contributed by atoms with Crippen molar-refractivity contribution in [3.63, 3.8) is 0 Å². The number of rotatable bonds is 5. The van der Waals surface area contributed by atoms with Crippen molar-refractivity contribution in [2.75, 3.05) is 0 Å². The number of hydrogen-bond acceptors (Lipinski definition) is 2. The molecular weight excluding hydrogens is 403 g/mol. The predicted octanol–water partition coefficient (Wildman–Crippen LogP) is 6.12. The van der Waals surface area contributed by atoms with E-state index in [0.29, 0.717) is 11.4 Å². The molecule has 0 heterocycles. The van der Waals surface area contributed by atoms with Crippen molar-refractivity contribution < 1.29 is 4.79 Å². The Kier molecular flexibility index (Phi) is 9.20. The number of carbonyl (C=O) groups is 1. The Balaban J connectivity index is 0.000000253. The molecule has 0 saturated heterocycles. The summed E-state index contributed by atoms with van der Waals surface area (Å²) in [4.78, 5) is 11.9. The first-order valence-corrected chi connectivity index (χ1v) is 10.2. The summed E-state index contributed by atoms with van der Waals surface area (Å²) in [6.07, 6.45) is 0.402. The van der Waals surface area contributed by atoms with E-state index in [4.69, 9.17) is 28.9 Å². The molecule has 0 radical (unpaired) electrons. The summed E-state index contributed by atoms with van der Waals surface area (Å²) in [6.45, 7) is 3.91. The highest BCUT2D eigenvalue weighted by molar-refractivity contribution is 6.30. The van der Waals surface area contributed by atoms with Gasteiger partial charge in [0.2, 0.25) is 5.91 Å². The lowest BCUT2D eigenvalue weighted by Gasteiger charge is -2.14. The van der Waals surface area contributed by atoms with Gasteiger partial charge in [-0.3, -0.25) is 4.79 Å². The molecule has 3 aromatic carbocycles. The van der Waals surface area contributed by atoms with Gasteiger partial charge in [-0.25, -0.2) is 0 Å². The number of benzene rings is 3. The molecular formula is C24H26Cl2N2O. The standard InChI is InChI=1S/C16H16ClNO.C8H10ClN/c1-12(14-7-9-15(17)10-8-14)18-16(19)11-13-5-3-2-4-6-13;1-6(10)7-2-4-8(9)5-3-7/h2-10,12H,11H2,1H3,(H,18,19);2-6H,10H2,1H3. The second-order valence-corrected chi connectivity index (χ2v) is 7.72. The Hall–Kier alpha value is -2.33. The molecule has 0 aliphatic rings. The summed E-state index contributed by atoms with van der Waals surface area (Å²) in [5.74, 6) is 0.0219. The Morgan fingerprint density at radius 2 is 1.31 bits per heavy atom. The smallest absolute Gasteiger partial charge is 0.224 e. The van der Waals surface area contributed by atoms with E-state index in [1.807, 2.05) is 92.7 Å². The first-order valence-electron chi connectivity index (χ1n) is 9.45. The molecule has 0 aliphatic heterocycles. The van der Waals surface area contributed by atoms with Gasteiger partial charge in [-0.1, -0.05) is 77.8 Å². The van der Waals surface area contributed by atoms with E-state index in [9.17, 15) is 4.79 Å². The fourth-order valence-corrected chi connectivity index (χ4v) is 2.93. The molecule has 5 heteroatoms. The number of amides is 1. The third-order valence-corrected chi connectivity index (χ3v) is 4.85. The highest BCUT2D eigenvalue weighted by Gasteiger charge is 2.09. The Morgan fingerprint density at radius 1 is 0.828 bits per heavy atom. The van der Waals surface area contributed by atoms with Gasteiger partial charge in [-0.15, -0.1) is 0 Å². The van der Waals surface area contributed by atoms with Gasteiger partial charge >= 0.3 is 0 Å². The molecule has 1 amide bonds. The summed E-state index contributed by atoms with van der Waals surface area (Å²) >= 11 is 11.5. The molecule has 0 fully saturated rings. The topological polar surface area (TPSA) is 55.1 Å². The molecule has 3 nitrogen and oxygen atoms in total. The van der Waals surface area contributed by atoms with Crippen LogP contribution in [0.3, 0.4) is 0 Å². The maximum absolute atomic E-state index is 11.9. The molecule has 2 unspecified atom stereocenters. The summed E-state index contributed by atoms with van der Waals surface area (Å²) < 4.78 is 0. The van der Waals surface area contributed by atoms with Gasteiger partial charge in [-0.2, -0.15) is 0 Å². The fraction of sp³-hybridized carbons (Fsp3) is 0.208. The quantitative estimate of drug-likeness (QED) is 0.513. The third kappa shape index (κ3) is 8.28. The van der Waals surface area contributed by atoms with Crippen molar-refractivity contribution in [2.24, 2.45) is 5.73 Å². The molecule has 0 spiro atoms. The number of hydrogen-bond donors (Lipinski definition) is 2. The van der Waals surface area contributed by atoms with Gasteiger partial charge in [0, 0.05) is 16.1 Å². The molecule has 29 heavy (non-hydrogen) atoms. The molecule has 0 saturated carbocycles. The van der Waals surface area contributed by atoms with Crippen molar-refractivity contribution in [1.29, 1.82) is 0 Å². The van der Waals surface area contributed by atoms with Crippen LogP contribution < -0.4 is 11.1 Å². The van der Waals surface area contributed by atoms with Crippen molar-refractivity contribution in [3.8, 4) is 0 Å². The van der Waals surface area contributed by atoms with E-state index in [1.165, 1.54) is 0 Å². The number of nitrogens with two attached hydrogens (primary N) is 1. The van der Waals surface area contributed by atoms with Gasteiger partial charge in [0.25, 0.3) is 0 Å². The van der Waals surface area contributed by atoms with Crippen LogP contribution in [0.2, 0.25) is 10.0 Å². The zero-order chi connectivity index (χ0) is 21.2. The van der Waals surface area contributed by atoms with Crippen LogP contribution >= 0.6 is 23.2 Å². The first kappa shape index (κ1) is 23.0. The normalized spacial score (nSPS) is 12.3. The lowest BCUT2D eigenvalue weighted by molar-refractivity contribution is -0.121. The van der Waals surface area contributed by atoms with Gasteiger partial charge in [-0.05, 0) is 54.8 Å². The van der Waals surface area contributed by atoms with Crippen molar-refractivity contribution in [1.82, 2.24) is 5.32 Å². The summed E-state index contributed by atoms with van der Waals surface area (Å²) in [5.41, 5.74) is 8.80. The largest absolute Gasteiger partial charge is 0.349 e. The average molecular weight is 429 g/mol. The average Bonchev–Trinajstić information content (AvgIpc) is 2.70. The molecule has 0 bridgehead atoms. The molecule has 0 aromatic heterocycles. The van der Waals surface area contributed by atoms with Gasteiger partial charge in [0.15, 0.2) is 0 Å². The summed E-state index contributed by atoms with van der Waals surface area (Å²) in [6, 6.07) is 24.9. The lowest BCUT2D eigenvalue weighted by Crippen LogP contribution is -2.28. The van der Waals surface area contributed by atoms with E-state index in [0.717, 1.165) is 21.7 Å². The van der Waals surface area contributed by atoms with E-state index in [2.05, 4.69) is 5.32 Å². The van der Waals surface area contributed by atoms with Crippen molar-refractivity contribution in [2.45, 2.75) is 32.4 Å². The minimum absolute atomic E-state index is 0.0199. The second-order valence-electron chi connectivity index (χ2n) is 6.84. The number of halogens is 2. The molecule has 152 valence electrons. The van der Waals surface area contributed by atoms with Crippen LogP contribution in [0.25, 0.3) is 0 Å². The zero-order valence-corrected chi connectivity index (χ0v) is 18.1. The minimum atomic E-state index is -0.0199.